The lowest BCUT2D eigenvalue weighted by Gasteiger charge is -2.33. The van der Waals surface area contributed by atoms with Gasteiger partial charge >= 0.3 is 5.97 Å². The minimum Gasteiger partial charge on any atom is -0.454 e. The van der Waals surface area contributed by atoms with Crippen molar-refractivity contribution in [2.45, 2.75) is 65.0 Å². The minimum absolute atomic E-state index is 0.157. The highest BCUT2D eigenvalue weighted by molar-refractivity contribution is 5.97. The summed E-state index contributed by atoms with van der Waals surface area (Å²) in [5, 5.41) is 2.72. The number of carbonyl (C=O) groups excluding carboxylic acids is 3. The SMILES string of the molecule is CCN(C(=O)COC(=O)C(NC(=O)c1ccccc1)C(C)C)C1CCCCC1. The molecule has 28 heavy (non-hydrogen) atoms. The van der Waals surface area contributed by atoms with E-state index in [4.69, 9.17) is 4.74 Å². The zero-order valence-electron chi connectivity index (χ0n) is 17.1. The van der Waals surface area contributed by atoms with Crippen LogP contribution in [-0.4, -0.2) is 47.9 Å². The van der Waals surface area contributed by atoms with E-state index < -0.39 is 12.0 Å². The largest absolute Gasteiger partial charge is 0.454 e. The Bertz CT molecular complexity index is 654. The van der Waals surface area contributed by atoms with Gasteiger partial charge in [0.05, 0.1) is 0 Å². The molecule has 1 aliphatic carbocycles. The van der Waals surface area contributed by atoms with Crippen LogP contribution in [0.15, 0.2) is 30.3 Å². The van der Waals surface area contributed by atoms with E-state index in [9.17, 15) is 14.4 Å². The molecule has 0 saturated heterocycles. The minimum atomic E-state index is -0.801. The number of nitrogens with one attached hydrogen (secondary N) is 1. The van der Waals surface area contributed by atoms with Crippen molar-refractivity contribution in [3.8, 4) is 0 Å². The van der Waals surface area contributed by atoms with E-state index in [-0.39, 0.29) is 30.4 Å². The maximum absolute atomic E-state index is 12.6. The summed E-state index contributed by atoms with van der Waals surface area (Å²) in [5.41, 5.74) is 0.478. The number of nitrogens with zero attached hydrogens (tertiary/aromatic N) is 1. The number of ether oxygens (including phenoxy) is 1. The Morgan fingerprint density at radius 2 is 1.75 bits per heavy atom. The Morgan fingerprint density at radius 3 is 2.32 bits per heavy atom. The summed E-state index contributed by atoms with van der Waals surface area (Å²) < 4.78 is 5.29. The highest BCUT2D eigenvalue weighted by atomic mass is 16.5. The molecule has 1 N–H and O–H groups in total. The fraction of sp³-hybridized carbons (Fsp3) is 0.591. The predicted molar refractivity (Wildman–Crippen MR) is 108 cm³/mol. The van der Waals surface area contributed by atoms with Crippen LogP contribution in [0, 0.1) is 5.92 Å². The summed E-state index contributed by atoms with van der Waals surface area (Å²) in [6.07, 6.45) is 5.50. The lowest BCUT2D eigenvalue weighted by atomic mass is 9.94. The number of hydrogen-bond acceptors (Lipinski definition) is 4. The maximum Gasteiger partial charge on any atom is 0.329 e. The van der Waals surface area contributed by atoms with Crippen LogP contribution >= 0.6 is 0 Å². The average Bonchev–Trinajstić information content (AvgIpc) is 2.71. The second-order valence-electron chi connectivity index (χ2n) is 7.64. The molecule has 6 nitrogen and oxygen atoms in total. The van der Waals surface area contributed by atoms with Gasteiger partial charge in [0.15, 0.2) is 6.61 Å². The van der Waals surface area contributed by atoms with Crippen molar-refractivity contribution in [1.82, 2.24) is 10.2 Å². The van der Waals surface area contributed by atoms with Gasteiger partial charge in [-0.3, -0.25) is 9.59 Å². The van der Waals surface area contributed by atoms with Gasteiger partial charge in [0.25, 0.3) is 11.8 Å². The van der Waals surface area contributed by atoms with Crippen molar-refractivity contribution in [1.29, 1.82) is 0 Å². The van der Waals surface area contributed by atoms with Crippen molar-refractivity contribution >= 4 is 17.8 Å². The summed E-state index contributed by atoms with van der Waals surface area (Å²) in [5.74, 6) is -1.23. The number of esters is 1. The average molecular weight is 389 g/mol. The van der Waals surface area contributed by atoms with Crippen molar-refractivity contribution in [2.24, 2.45) is 5.92 Å². The van der Waals surface area contributed by atoms with Crippen LogP contribution in [0.4, 0.5) is 0 Å². The summed E-state index contributed by atoms with van der Waals surface area (Å²) >= 11 is 0. The smallest absolute Gasteiger partial charge is 0.329 e. The summed E-state index contributed by atoms with van der Waals surface area (Å²) in [6, 6.07) is 8.16. The number of carbonyl (C=O) groups is 3. The lowest BCUT2D eigenvalue weighted by molar-refractivity contribution is -0.155. The summed E-state index contributed by atoms with van der Waals surface area (Å²) in [7, 11) is 0. The second kappa shape index (κ2) is 10.8. The van der Waals surface area contributed by atoms with E-state index in [1.165, 1.54) is 6.42 Å². The van der Waals surface area contributed by atoms with Gasteiger partial charge < -0.3 is 15.0 Å². The van der Waals surface area contributed by atoms with Crippen LogP contribution in [-0.2, 0) is 14.3 Å². The van der Waals surface area contributed by atoms with Gasteiger partial charge in [-0.05, 0) is 37.8 Å². The van der Waals surface area contributed by atoms with Gasteiger partial charge in [-0.2, -0.15) is 0 Å². The Labute approximate surface area is 167 Å². The molecule has 1 atom stereocenters. The van der Waals surface area contributed by atoms with Crippen molar-refractivity contribution in [3.05, 3.63) is 35.9 Å². The van der Waals surface area contributed by atoms with Crippen LogP contribution < -0.4 is 5.32 Å². The van der Waals surface area contributed by atoms with E-state index in [1.54, 1.807) is 24.3 Å². The lowest BCUT2D eigenvalue weighted by Crippen LogP contribution is -2.47. The van der Waals surface area contributed by atoms with Crippen molar-refractivity contribution in [2.75, 3.05) is 13.2 Å². The Morgan fingerprint density at radius 1 is 1.11 bits per heavy atom. The van der Waals surface area contributed by atoms with Gasteiger partial charge in [-0.1, -0.05) is 51.3 Å². The van der Waals surface area contributed by atoms with E-state index in [0.717, 1.165) is 25.7 Å². The predicted octanol–water partition coefficient (Wildman–Crippen LogP) is 3.17. The number of rotatable bonds is 8. The van der Waals surface area contributed by atoms with Gasteiger partial charge in [-0.15, -0.1) is 0 Å². The Kier molecular flexibility index (Phi) is 8.48. The Balaban J connectivity index is 1.92. The van der Waals surface area contributed by atoms with Gasteiger partial charge in [0.2, 0.25) is 0 Å². The molecule has 2 amide bonds. The van der Waals surface area contributed by atoms with Gasteiger partial charge in [0.1, 0.15) is 6.04 Å². The zero-order chi connectivity index (χ0) is 20.5. The van der Waals surface area contributed by atoms with E-state index in [2.05, 4.69) is 5.32 Å². The molecule has 0 heterocycles. The third kappa shape index (κ3) is 6.08. The first-order valence-corrected chi connectivity index (χ1v) is 10.3. The molecule has 0 aliphatic heterocycles. The highest BCUT2D eigenvalue weighted by Gasteiger charge is 2.29. The van der Waals surface area contributed by atoms with Crippen LogP contribution in [0.2, 0.25) is 0 Å². The summed E-state index contributed by atoms with van der Waals surface area (Å²) in [4.78, 5) is 39.3. The molecule has 2 rings (SSSR count). The third-order valence-electron chi connectivity index (χ3n) is 5.26. The van der Waals surface area contributed by atoms with Crippen molar-refractivity contribution < 1.29 is 19.1 Å². The van der Waals surface area contributed by atoms with Crippen molar-refractivity contribution in [3.63, 3.8) is 0 Å². The molecule has 0 radical (unpaired) electrons. The third-order valence-corrected chi connectivity index (χ3v) is 5.26. The molecule has 0 spiro atoms. The molecule has 1 aromatic carbocycles. The maximum atomic E-state index is 12.6. The first kappa shape index (κ1) is 21.9. The fourth-order valence-corrected chi connectivity index (χ4v) is 3.65. The fourth-order valence-electron chi connectivity index (χ4n) is 3.65. The van der Waals surface area contributed by atoms with Crippen LogP contribution in [0.5, 0.6) is 0 Å². The molecule has 1 unspecified atom stereocenters. The van der Waals surface area contributed by atoms with Crippen LogP contribution in [0.1, 0.15) is 63.2 Å². The van der Waals surface area contributed by atoms with E-state index >= 15 is 0 Å². The zero-order valence-corrected chi connectivity index (χ0v) is 17.1. The van der Waals surface area contributed by atoms with Gasteiger partial charge in [-0.25, -0.2) is 4.79 Å². The van der Waals surface area contributed by atoms with Gasteiger partial charge in [0, 0.05) is 18.2 Å². The molecule has 1 aromatic rings. The molecule has 1 saturated carbocycles. The molecular formula is C22H32N2O4. The molecular weight excluding hydrogens is 356 g/mol. The molecule has 0 aromatic heterocycles. The molecule has 1 aliphatic rings. The standard InChI is InChI=1S/C22H32N2O4/c1-4-24(18-13-9-6-10-14-18)19(25)15-28-22(27)20(16(2)3)23-21(26)17-11-7-5-8-12-17/h5,7-8,11-12,16,18,20H,4,6,9-10,13-15H2,1-3H3,(H,23,26). The molecule has 0 bridgehead atoms. The monoisotopic (exact) mass is 388 g/mol. The van der Waals surface area contributed by atoms with E-state index in [0.29, 0.717) is 12.1 Å². The number of hydrogen-bond donors (Lipinski definition) is 1. The highest BCUT2D eigenvalue weighted by Crippen LogP contribution is 2.22. The number of amides is 2. The molecule has 6 heteroatoms. The quantitative estimate of drug-likeness (QED) is 0.694. The normalized spacial score (nSPS) is 15.7. The second-order valence-corrected chi connectivity index (χ2v) is 7.64. The topological polar surface area (TPSA) is 75.7 Å². The van der Waals surface area contributed by atoms with Crippen LogP contribution in [0.25, 0.3) is 0 Å². The Hall–Kier alpha value is -2.37. The van der Waals surface area contributed by atoms with Crippen LogP contribution in [0.3, 0.4) is 0 Å². The number of benzene rings is 1. The summed E-state index contributed by atoms with van der Waals surface area (Å²) in [6.45, 7) is 5.94. The number of likely N-dealkylation sites (N-methyl/N-ethyl adjacent to an activating group) is 1. The molecule has 154 valence electrons. The molecule has 1 fully saturated rings. The first-order chi connectivity index (χ1) is 13.4. The first-order valence-electron chi connectivity index (χ1n) is 10.3. The van der Waals surface area contributed by atoms with E-state index in [1.807, 2.05) is 31.7 Å².